The predicted octanol–water partition coefficient (Wildman–Crippen LogP) is 4.03. The number of carbonyl (C=O) groups excluding carboxylic acids is 1. The van der Waals surface area contributed by atoms with E-state index in [2.05, 4.69) is 10.3 Å². The number of hydrogen-bond acceptors (Lipinski definition) is 5. The molecule has 0 aliphatic heterocycles. The molecule has 0 atom stereocenters. The van der Waals surface area contributed by atoms with Crippen molar-refractivity contribution in [1.29, 1.82) is 0 Å². The van der Waals surface area contributed by atoms with E-state index in [1.54, 1.807) is 60.8 Å². The van der Waals surface area contributed by atoms with Crippen LogP contribution in [0.25, 0.3) is 0 Å². The van der Waals surface area contributed by atoms with Gasteiger partial charge in [-0.3, -0.25) is 4.79 Å². The molecule has 30 heavy (non-hydrogen) atoms. The number of aromatic nitrogens is 1. The van der Waals surface area contributed by atoms with Gasteiger partial charge in [0.2, 0.25) is 0 Å². The summed E-state index contributed by atoms with van der Waals surface area (Å²) in [5.41, 5.74) is 1.70. The van der Waals surface area contributed by atoms with Crippen LogP contribution in [0.4, 0.5) is 4.39 Å². The smallest absolute Gasteiger partial charge is 0.254 e. The number of halogens is 1. The van der Waals surface area contributed by atoms with Crippen molar-refractivity contribution in [1.82, 2.24) is 10.3 Å². The van der Waals surface area contributed by atoms with Crippen molar-refractivity contribution >= 4 is 27.5 Å². The van der Waals surface area contributed by atoms with Crippen molar-refractivity contribution in [3.8, 4) is 0 Å². The Labute approximate surface area is 179 Å². The second kappa shape index (κ2) is 9.86. The highest BCUT2D eigenvalue weighted by Crippen LogP contribution is 2.22. The van der Waals surface area contributed by atoms with E-state index in [1.807, 2.05) is 6.92 Å². The van der Waals surface area contributed by atoms with Crippen molar-refractivity contribution in [3.63, 3.8) is 0 Å². The Bertz CT molecular complexity index is 1130. The maximum Gasteiger partial charge on any atom is 0.254 e. The van der Waals surface area contributed by atoms with E-state index in [9.17, 15) is 17.6 Å². The van der Waals surface area contributed by atoms with Crippen molar-refractivity contribution < 1.29 is 17.6 Å². The molecule has 156 valence electrons. The lowest BCUT2D eigenvalue weighted by Gasteiger charge is -2.10. The summed E-state index contributed by atoms with van der Waals surface area (Å²) in [5, 5.41) is 3.12. The molecule has 0 aliphatic carbocycles. The second-order valence-corrected chi connectivity index (χ2v) is 9.80. The fourth-order valence-corrected chi connectivity index (χ4v) is 5.35. The average Bonchev–Trinajstić information content (AvgIpc) is 2.73. The van der Waals surface area contributed by atoms with Gasteiger partial charge in [-0.05, 0) is 37.3 Å². The van der Waals surface area contributed by atoms with Crippen LogP contribution in [-0.4, -0.2) is 30.8 Å². The van der Waals surface area contributed by atoms with E-state index < -0.39 is 15.7 Å². The molecule has 3 aromatic rings. The number of nitrogens with one attached hydrogen (secondary N) is 1. The highest BCUT2D eigenvalue weighted by atomic mass is 32.2. The molecule has 0 spiro atoms. The highest BCUT2D eigenvalue weighted by Gasteiger charge is 2.17. The summed E-state index contributed by atoms with van der Waals surface area (Å²) in [4.78, 5) is 17.0. The molecule has 1 N–H and O–H groups in total. The molecule has 1 heterocycles. The topological polar surface area (TPSA) is 76.1 Å². The first-order chi connectivity index (χ1) is 14.4. The van der Waals surface area contributed by atoms with E-state index in [1.165, 1.54) is 17.8 Å². The Morgan fingerprint density at radius 1 is 1.07 bits per heavy atom. The summed E-state index contributed by atoms with van der Waals surface area (Å²) in [7, 11) is -3.42. The minimum absolute atomic E-state index is 0.0479. The van der Waals surface area contributed by atoms with Crippen LogP contribution in [0.5, 0.6) is 0 Å². The van der Waals surface area contributed by atoms with Crippen LogP contribution >= 0.6 is 11.8 Å². The molecule has 0 saturated heterocycles. The van der Waals surface area contributed by atoms with E-state index in [0.717, 1.165) is 5.56 Å². The summed E-state index contributed by atoms with van der Waals surface area (Å²) in [5.74, 6) is -0.607. The molecule has 1 aromatic heterocycles. The van der Waals surface area contributed by atoms with Crippen LogP contribution in [0.2, 0.25) is 0 Å². The quantitative estimate of drug-likeness (QED) is 0.531. The van der Waals surface area contributed by atoms with Crippen molar-refractivity contribution in [2.75, 3.05) is 11.5 Å². The van der Waals surface area contributed by atoms with Crippen molar-refractivity contribution in [3.05, 3.63) is 89.4 Å². The van der Waals surface area contributed by atoms with Crippen LogP contribution in [0, 0.1) is 12.7 Å². The van der Waals surface area contributed by atoms with Gasteiger partial charge in [-0.1, -0.05) is 35.9 Å². The third-order valence-electron chi connectivity index (χ3n) is 4.38. The van der Waals surface area contributed by atoms with Gasteiger partial charge in [-0.25, -0.2) is 17.8 Å². The van der Waals surface area contributed by atoms with Crippen molar-refractivity contribution in [2.24, 2.45) is 0 Å². The molecular formula is C22H21FN2O3S2. The molecule has 0 unspecified atom stereocenters. The summed E-state index contributed by atoms with van der Waals surface area (Å²) in [6.45, 7) is 1.94. The number of amides is 1. The van der Waals surface area contributed by atoms with Gasteiger partial charge in [0, 0.05) is 24.1 Å². The maximum absolute atomic E-state index is 13.7. The zero-order valence-corrected chi connectivity index (χ0v) is 18.0. The molecule has 0 fully saturated rings. The van der Waals surface area contributed by atoms with Gasteiger partial charge in [-0.15, -0.1) is 11.8 Å². The standard InChI is InChI=1S/C22H21FN2O3S2/c1-16-8-10-18(11-9-16)30(27,28)14-13-29-22-19(6-4-12-24-22)21(26)25-15-17-5-2-3-7-20(17)23/h2-12H,13-15H2,1H3,(H,25,26). The SMILES string of the molecule is Cc1ccc(S(=O)(=O)CCSc2ncccc2C(=O)NCc2ccccc2F)cc1. The van der Waals surface area contributed by atoms with Gasteiger partial charge >= 0.3 is 0 Å². The Kier molecular flexibility index (Phi) is 7.23. The minimum Gasteiger partial charge on any atom is -0.348 e. The number of benzene rings is 2. The second-order valence-electron chi connectivity index (χ2n) is 6.61. The molecule has 0 radical (unpaired) electrons. The fraction of sp³-hybridized carbons (Fsp3) is 0.182. The number of nitrogens with zero attached hydrogens (tertiary/aromatic N) is 1. The number of aryl methyl sites for hydroxylation is 1. The van der Waals surface area contributed by atoms with E-state index in [0.29, 0.717) is 16.2 Å². The highest BCUT2D eigenvalue weighted by molar-refractivity contribution is 8.00. The molecule has 1 amide bonds. The molecule has 2 aromatic carbocycles. The molecule has 0 saturated carbocycles. The number of sulfone groups is 1. The van der Waals surface area contributed by atoms with Crippen LogP contribution < -0.4 is 5.32 Å². The van der Waals surface area contributed by atoms with Gasteiger partial charge in [0.15, 0.2) is 9.84 Å². The Morgan fingerprint density at radius 3 is 2.53 bits per heavy atom. The summed E-state index contributed by atoms with van der Waals surface area (Å²) in [6.07, 6.45) is 1.55. The molecular weight excluding hydrogens is 423 g/mol. The first-order valence-electron chi connectivity index (χ1n) is 9.26. The number of pyridine rings is 1. The Balaban J connectivity index is 1.63. The number of rotatable bonds is 8. The first kappa shape index (κ1) is 22.0. The zero-order valence-electron chi connectivity index (χ0n) is 16.3. The van der Waals surface area contributed by atoms with Crippen molar-refractivity contribution in [2.45, 2.75) is 23.4 Å². The Hall–Kier alpha value is -2.71. The van der Waals surface area contributed by atoms with Crippen LogP contribution in [0.3, 0.4) is 0 Å². The lowest BCUT2D eigenvalue weighted by atomic mass is 10.2. The number of hydrogen-bond donors (Lipinski definition) is 1. The minimum atomic E-state index is -3.42. The normalized spacial score (nSPS) is 11.3. The van der Waals surface area contributed by atoms with E-state index in [-0.39, 0.29) is 28.8 Å². The van der Waals surface area contributed by atoms with Crippen LogP contribution in [0.15, 0.2) is 76.8 Å². The summed E-state index contributed by atoms with van der Waals surface area (Å²) in [6, 6.07) is 16.2. The van der Waals surface area contributed by atoms with E-state index >= 15 is 0 Å². The monoisotopic (exact) mass is 444 g/mol. The average molecular weight is 445 g/mol. The lowest BCUT2D eigenvalue weighted by molar-refractivity contribution is 0.0947. The third kappa shape index (κ3) is 5.67. The Morgan fingerprint density at radius 2 is 1.80 bits per heavy atom. The molecule has 5 nitrogen and oxygen atoms in total. The number of thioether (sulfide) groups is 1. The lowest BCUT2D eigenvalue weighted by Crippen LogP contribution is -2.24. The molecule has 0 bridgehead atoms. The third-order valence-corrected chi connectivity index (χ3v) is 7.38. The first-order valence-corrected chi connectivity index (χ1v) is 11.9. The fourth-order valence-electron chi connectivity index (χ4n) is 2.70. The van der Waals surface area contributed by atoms with Crippen LogP contribution in [0.1, 0.15) is 21.5 Å². The van der Waals surface area contributed by atoms with Gasteiger partial charge in [0.1, 0.15) is 10.8 Å². The van der Waals surface area contributed by atoms with E-state index in [4.69, 9.17) is 0 Å². The van der Waals surface area contributed by atoms with Gasteiger partial charge < -0.3 is 5.32 Å². The zero-order chi connectivity index (χ0) is 21.6. The summed E-state index contributed by atoms with van der Waals surface area (Å²) >= 11 is 1.20. The maximum atomic E-state index is 13.7. The molecule has 8 heteroatoms. The number of carbonyl (C=O) groups is 1. The summed E-state index contributed by atoms with van der Waals surface area (Å²) < 4.78 is 38.7. The van der Waals surface area contributed by atoms with Crippen LogP contribution in [-0.2, 0) is 16.4 Å². The molecule has 0 aliphatic rings. The van der Waals surface area contributed by atoms with Gasteiger partial charge in [0.25, 0.3) is 5.91 Å². The van der Waals surface area contributed by atoms with Gasteiger partial charge in [-0.2, -0.15) is 0 Å². The van der Waals surface area contributed by atoms with Gasteiger partial charge in [0.05, 0.1) is 16.2 Å². The predicted molar refractivity (Wildman–Crippen MR) is 116 cm³/mol. The largest absolute Gasteiger partial charge is 0.348 e. The molecule has 3 rings (SSSR count).